The Balaban J connectivity index is 0.000000406. The van der Waals surface area contributed by atoms with Crippen LogP contribution in [-0.4, -0.2) is 63.5 Å². The van der Waals surface area contributed by atoms with Crippen molar-refractivity contribution >= 4 is 44.3 Å². The number of hydrogen-bond donors (Lipinski definition) is 3. The SMILES string of the molecule is CN1CCC(Oc2cc(O)cc3ncnc(Nc4cccc(Br)c4)c23)CC1.O=C(O)C(F)(F)F. The van der Waals surface area contributed by atoms with Crippen molar-refractivity contribution in [2.24, 2.45) is 0 Å². The summed E-state index contributed by atoms with van der Waals surface area (Å²) in [5, 5.41) is 21.4. The lowest BCUT2D eigenvalue weighted by Gasteiger charge is -2.29. The van der Waals surface area contributed by atoms with Gasteiger partial charge in [-0.05, 0) is 38.1 Å². The number of carboxylic acid groups (broad SMARTS) is 1. The van der Waals surface area contributed by atoms with Crippen molar-refractivity contribution < 1.29 is 32.9 Å². The maximum atomic E-state index is 10.6. The second-order valence-electron chi connectivity index (χ2n) is 7.62. The molecule has 1 saturated heterocycles. The lowest BCUT2D eigenvalue weighted by molar-refractivity contribution is -0.192. The molecule has 3 aromatic rings. The van der Waals surface area contributed by atoms with Crippen molar-refractivity contribution in [3.63, 3.8) is 0 Å². The van der Waals surface area contributed by atoms with Gasteiger partial charge in [0.2, 0.25) is 0 Å². The normalized spacial score (nSPS) is 14.9. The zero-order valence-electron chi connectivity index (χ0n) is 18.0. The molecule has 4 rings (SSSR count). The van der Waals surface area contributed by atoms with Crippen molar-refractivity contribution in [2.75, 3.05) is 25.5 Å². The summed E-state index contributed by atoms with van der Waals surface area (Å²) < 4.78 is 39.0. The van der Waals surface area contributed by atoms with E-state index in [2.05, 4.69) is 43.2 Å². The molecule has 1 aliphatic rings. The van der Waals surface area contributed by atoms with Gasteiger partial charge in [0.05, 0.1) is 10.9 Å². The predicted molar refractivity (Wildman–Crippen MR) is 123 cm³/mol. The minimum Gasteiger partial charge on any atom is -0.508 e. The number of halogens is 4. The minimum absolute atomic E-state index is 0.116. The molecule has 12 heteroatoms. The third kappa shape index (κ3) is 6.94. The molecule has 8 nitrogen and oxygen atoms in total. The van der Waals surface area contributed by atoms with Gasteiger partial charge in [0.15, 0.2) is 0 Å². The van der Waals surface area contributed by atoms with E-state index >= 15 is 0 Å². The first-order valence-electron chi connectivity index (χ1n) is 10.2. The maximum absolute atomic E-state index is 10.6. The van der Waals surface area contributed by atoms with Gasteiger partial charge in [-0.1, -0.05) is 22.0 Å². The Morgan fingerprint density at radius 3 is 2.50 bits per heavy atom. The number of hydrogen-bond acceptors (Lipinski definition) is 7. The number of carbonyl (C=O) groups is 1. The Morgan fingerprint density at radius 1 is 1.21 bits per heavy atom. The molecule has 34 heavy (non-hydrogen) atoms. The number of piperidine rings is 1. The molecule has 0 spiro atoms. The molecule has 0 bridgehead atoms. The molecule has 0 radical (unpaired) electrons. The highest BCUT2D eigenvalue weighted by molar-refractivity contribution is 9.10. The Morgan fingerprint density at radius 2 is 1.88 bits per heavy atom. The first-order valence-corrected chi connectivity index (χ1v) is 11.0. The number of aromatic hydroxyl groups is 1. The van der Waals surface area contributed by atoms with Gasteiger partial charge in [-0.2, -0.15) is 13.2 Å². The van der Waals surface area contributed by atoms with Crippen LogP contribution in [0.2, 0.25) is 0 Å². The van der Waals surface area contributed by atoms with Crippen LogP contribution in [0.15, 0.2) is 47.2 Å². The van der Waals surface area contributed by atoms with Gasteiger partial charge in [0, 0.05) is 35.4 Å². The van der Waals surface area contributed by atoms with Crippen molar-refractivity contribution in [3.05, 3.63) is 47.2 Å². The van der Waals surface area contributed by atoms with Crippen LogP contribution in [0.4, 0.5) is 24.7 Å². The van der Waals surface area contributed by atoms with Crippen LogP contribution in [0.3, 0.4) is 0 Å². The lowest BCUT2D eigenvalue weighted by atomic mass is 10.1. The highest BCUT2D eigenvalue weighted by Gasteiger charge is 2.38. The monoisotopic (exact) mass is 542 g/mol. The molecule has 0 amide bonds. The number of rotatable bonds is 4. The average molecular weight is 543 g/mol. The maximum Gasteiger partial charge on any atom is 0.490 e. The van der Waals surface area contributed by atoms with Crippen molar-refractivity contribution in [3.8, 4) is 11.5 Å². The van der Waals surface area contributed by atoms with Crippen LogP contribution in [0, 0.1) is 0 Å². The van der Waals surface area contributed by atoms with Crippen LogP contribution in [0.1, 0.15) is 12.8 Å². The number of ether oxygens (including phenoxy) is 1. The molecule has 2 heterocycles. The number of anilines is 2. The molecule has 0 atom stereocenters. The van der Waals surface area contributed by atoms with Crippen LogP contribution in [0.5, 0.6) is 11.5 Å². The number of benzene rings is 2. The predicted octanol–water partition coefficient (Wildman–Crippen LogP) is 4.95. The van der Waals surface area contributed by atoms with E-state index in [1.807, 2.05) is 24.3 Å². The third-order valence-electron chi connectivity index (χ3n) is 4.98. The summed E-state index contributed by atoms with van der Waals surface area (Å²) >= 11 is 3.49. The third-order valence-corrected chi connectivity index (χ3v) is 5.47. The Bertz CT molecular complexity index is 1150. The fraction of sp³-hybridized carbons (Fsp3) is 0.318. The number of nitrogens with one attached hydrogen (secondary N) is 1. The van der Waals surface area contributed by atoms with Gasteiger partial charge in [0.25, 0.3) is 0 Å². The van der Waals surface area contributed by atoms with Crippen LogP contribution < -0.4 is 10.1 Å². The average Bonchev–Trinajstić information content (AvgIpc) is 2.75. The fourth-order valence-corrected chi connectivity index (χ4v) is 3.71. The summed E-state index contributed by atoms with van der Waals surface area (Å²) in [7, 11) is 2.12. The van der Waals surface area contributed by atoms with Crippen molar-refractivity contribution in [1.29, 1.82) is 0 Å². The number of phenols is 1. The minimum atomic E-state index is -5.08. The molecule has 2 aromatic carbocycles. The van der Waals surface area contributed by atoms with Crippen molar-refractivity contribution in [1.82, 2.24) is 14.9 Å². The molecule has 182 valence electrons. The quantitative estimate of drug-likeness (QED) is 0.425. The van der Waals surface area contributed by atoms with E-state index in [1.165, 1.54) is 6.33 Å². The van der Waals surface area contributed by atoms with Gasteiger partial charge in [-0.25, -0.2) is 14.8 Å². The second kappa shape index (κ2) is 10.9. The highest BCUT2D eigenvalue weighted by atomic mass is 79.9. The Labute approximate surface area is 201 Å². The number of likely N-dealkylation sites (tertiary alicyclic amines) is 1. The molecule has 1 aromatic heterocycles. The van der Waals surface area contributed by atoms with Crippen LogP contribution >= 0.6 is 15.9 Å². The van der Waals surface area contributed by atoms with E-state index in [9.17, 15) is 18.3 Å². The van der Waals surface area contributed by atoms with Gasteiger partial charge in [-0.3, -0.25) is 0 Å². The van der Waals surface area contributed by atoms with E-state index < -0.39 is 12.1 Å². The summed E-state index contributed by atoms with van der Waals surface area (Å²) in [5.41, 5.74) is 1.55. The number of fused-ring (bicyclic) bond motifs is 1. The molecule has 0 saturated carbocycles. The number of carboxylic acids is 1. The molecule has 0 unspecified atom stereocenters. The smallest absolute Gasteiger partial charge is 0.490 e. The number of nitrogens with zero attached hydrogens (tertiary/aromatic N) is 3. The number of aromatic nitrogens is 2. The molecule has 0 aliphatic carbocycles. The van der Waals surface area contributed by atoms with Gasteiger partial charge >= 0.3 is 12.1 Å². The first kappa shape index (κ1) is 25.5. The second-order valence-corrected chi connectivity index (χ2v) is 8.53. The van der Waals surface area contributed by atoms with E-state index in [-0.39, 0.29) is 11.9 Å². The zero-order chi connectivity index (χ0) is 24.9. The standard InChI is InChI=1S/C20H21BrN4O2.C2HF3O2/c1-25-7-5-16(6-8-25)27-18-11-15(26)10-17-19(18)20(23-12-22-17)24-14-4-2-3-13(21)9-14;3-2(4,5)1(6)7/h2-4,9-12,16,26H,5-8H2,1H3,(H,22,23,24);(H,6,7). The largest absolute Gasteiger partial charge is 0.508 e. The van der Waals surface area contributed by atoms with E-state index in [0.29, 0.717) is 17.1 Å². The molecule has 1 fully saturated rings. The van der Waals surface area contributed by atoms with E-state index in [0.717, 1.165) is 41.5 Å². The van der Waals surface area contributed by atoms with Gasteiger partial charge < -0.3 is 25.2 Å². The Kier molecular flexibility index (Phi) is 8.15. The topological polar surface area (TPSA) is 108 Å². The summed E-state index contributed by atoms with van der Waals surface area (Å²) in [6.07, 6.45) is -1.57. The summed E-state index contributed by atoms with van der Waals surface area (Å²) in [6, 6.07) is 11.1. The highest BCUT2D eigenvalue weighted by Crippen LogP contribution is 2.36. The lowest BCUT2D eigenvalue weighted by Crippen LogP contribution is -2.35. The van der Waals surface area contributed by atoms with Crippen LogP contribution in [0.25, 0.3) is 10.9 Å². The number of aliphatic carboxylic acids is 1. The van der Waals surface area contributed by atoms with E-state index in [4.69, 9.17) is 14.6 Å². The number of alkyl halides is 3. The van der Waals surface area contributed by atoms with Gasteiger partial charge in [0.1, 0.15) is 29.7 Å². The molecule has 3 N–H and O–H groups in total. The van der Waals surface area contributed by atoms with Gasteiger partial charge in [-0.15, -0.1) is 0 Å². The molecular weight excluding hydrogens is 521 g/mol. The Hall–Kier alpha value is -3.12. The summed E-state index contributed by atoms with van der Waals surface area (Å²) in [4.78, 5) is 19.9. The van der Waals surface area contributed by atoms with Crippen molar-refractivity contribution in [2.45, 2.75) is 25.1 Å². The van der Waals surface area contributed by atoms with Crippen LogP contribution in [-0.2, 0) is 4.79 Å². The van der Waals surface area contributed by atoms with E-state index in [1.54, 1.807) is 12.1 Å². The molecule has 1 aliphatic heterocycles. The fourth-order valence-electron chi connectivity index (χ4n) is 3.31. The summed E-state index contributed by atoms with van der Waals surface area (Å²) in [5.74, 6) is -1.36. The number of phenolic OH excluding ortho intramolecular Hbond substituents is 1. The zero-order valence-corrected chi connectivity index (χ0v) is 19.6. The summed E-state index contributed by atoms with van der Waals surface area (Å²) in [6.45, 7) is 2.00. The molecular formula is C22H22BrF3N4O4. The first-order chi connectivity index (χ1) is 16.0.